The van der Waals surface area contributed by atoms with Gasteiger partial charge in [-0.3, -0.25) is 0 Å². The topological polar surface area (TPSA) is 67.6 Å². The molecule has 2 heterocycles. The summed E-state index contributed by atoms with van der Waals surface area (Å²) in [6.07, 6.45) is 4.68. The van der Waals surface area contributed by atoms with Crippen LogP contribution in [0.3, 0.4) is 0 Å². The number of piperidine rings is 1. The molecule has 3 N–H and O–H groups in total. The van der Waals surface area contributed by atoms with Crippen LogP contribution in [0.4, 0.5) is 4.79 Å². The van der Waals surface area contributed by atoms with Crippen LogP contribution >= 0.6 is 0 Å². The first-order valence-electron chi connectivity index (χ1n) is 6.59. The molecular weight excluding hydrogens is 218 g/mol. The summed E-state index contributed by atoms with van der Waals surface area (Å²) >= 11 is 0. The van der Waals surface area contributed by atoms with E-state index >= 15 is 0 Å². The summed E-state index contributed by atoms with van der Waals surface area (Å²) in [4.78, 5) is 12.7. The van der Waals surface area contributed by atoms with E-state index < -0.39 is 0 Å². The SMILES string of the molecule is CC(NC1CCN(C(N)=O)CC1)C1CCCO1. The van der Waals surface area contributed by atoms with E-state index in [2.05, 4.69) is 12.2 Å². The van der Waals surface area contributed by atoms with E-state index in [9.17, 15) is 4.79 Å². The molecule has 0 bridgehead atoms. The van der Waals surface area contributed by atoms with E-state index in [0.29, 0.717) is 18.2 Å². The normalized spacial score (nSPS) is 28.3. The molecule has 2 rings (SSSR count). The molecule has 2 saturated heterocycles. The molecule has 5 nitrogen and oxygen atoms in total. The fourth-order valence-electron chi connectivity index (χ4n) is 2.74. The van der Waals surface area contributed by atoms with Crippen molar-refractivity contribution in [2.45, 2.75) is 50.8 Å². The summed E-state index contributed by atoms with van der Waals surface area (Å²) in [6, 6.07) is 0.600. The fourth-order valence-corrected chi connectivity index (χ4v) is 2.74. The predicted molar refractivity (Wildman–Crippen MR) is 65.8 cm³/mol. The lowest BCUT2D eigenvalue weighted by atomic mass is 10.0. The monoisotopic (exact) mass is 241 g/mol. The first-order chi connectivity index (χ1) is 8.16. The molecule has 2 amide bonds. The van der Waals surface area contributed by atoms with Crippen LogP contribution in [0.2, 0.25) is 0 Å². The van der Waals surface area contributed by atoms with E-state index in [1.165, 1.54) is 6.42 Å². The molecule has 2 aliphatic rings. The quantitative estimate of drug-likeness (QED) is 0.764. The lowest BCUT2D eigenvalue weighted by Crippen LogP contribution is -2.50. The van der Waals surface area contributed by atoms with Crippen molar-refractivity contribution in [3.05, 3.63) is 0 Å². The number of likely N-dealkylation sites (tertiary alicyclic amines) is 1. The number of primary amides is 1. The van der Waals surface area contributed by atoms with Gasteiger partial charge in [0.05, 0.1) is 6.10 Å². The first kappa shape index (κ1) is 12.6. The Balaban J connectivity index is 1.72. The Hall–Kier alpha value is -0.810. The summed E-state index contributed by atoms with van der Waals surface area (Å²) in [5.74, 6) is 0. The zero-order valence-corrected chi connectivity index (χ0v) is 10.5. The molecular formula is C12H23N3O2. The average Bonchev–Trinajstić information content (AvgIpc) is 2.83. The van der Waals surface area contributed by atoms with Crippen molar-refractivity contribution in [2.24, 2.45) is 5.73 Å². The number of amides is 2. The number of urea groups is 1. The van der Waals surface area contributed by atoms with Crippen molar-refractivity contribution in [1.82, 2.24) is 10.2 Å². The minimum Gasteiger partial charge on any atom is -0.377 e. The second kappa shape index (κ2) is 5.69. The van der Waals surface area contributed by atoms with Crippen LogP contribution in [0, 0.1) is 0 Å². The number of carbonyl (C=O) groups is 1. The molecule has 0 spiro atoms. The van der Waals surface area contributed by atoms with Crippen molar-refractivity contribution < 1.29 is 9.53 Å². The summed E-state index contributed by atoms with van der Waals surface area (Å²) in [5, 5.41) is 3.62. The molecule has 0 saturated carbocycles. The number of nitrogens with two attached hydrogens (primary N) is 1. The molecule has 5 heteroatoms. The second-order valence-corrected chi connectivity index (χ2v) is 5.11. The Labute approximate surface area is 103 Å². The smallest absolute Gasteiger partial charge is 0.314 e. The van der Waals surface area contributed by atoms with Crippen molar-refractivity contribution in [2.75, 3.05) is 19.7 Å². The van der Waals surface area contributed by atoms with Gasteiger partial charge in [0.2, 0.25) is 0 Å². The molecule has 98 valence electrons. The van der Waals surface area contributed by atoms with Crippen molar-refractivity contribution in [3.8, 4) is 0 Å². The molecule has 0 aromatic rings. The van der Waals surface area contributed by atoms with Gasteiger partial charge in [0.15, 0.2) is 0 Å². The number of hydrogen-bond donors (Lipinski definition) is 2. The highest BCUT2D eigenvalue weighted by Gasteiger charge is 2.27. The van der Waals surface area contributed by atoms with Crippen LogP contribution in [-0.4, -0.2) is 48.8 Å². The standard InChI is InChI=1S/C12H23N3O2/c1-9(11-3-2-8-17-11)14-10-4-6-15(7-5-10)12(13)16/h9-11,14H,2-8H2,1H3,(H2,13,16). The van der Waals surface area contributed by atoms with Crippen LogP contribution in [0.25, 0.3) is 0 Å². The fraction of sp³-hybridized carbons (Fsp3) is 0.917. The van der Waals surface area contributed by atoms with E-state index in [1.54, 1.807) is 4.90 Å². The zero-order valence-electron chi connectivity index (χ0n) is 10.5. The minimum atomic E-state index is -0.296. The summed E-state index contributed by atoms with van der Waals surface area (Å²) in [6.45, 7) is 4.63. The number of ether oxygens (including phenoxy) is 1. The van der Waals surface area contributed by atoms with Gasteiger partial charge in [0, 0.05) is 31.8 Å². The zero-order chi connectivity index (χ0) is 12.3. The Morgan fingerprint density at radius 3 is 2.65 bits per heavy atom. The molecule has 2 unspecified atom stereocenters. The van der Waals surface area contributed by atoms with Gasteiger partial charge in [0.1, 0.15) is 0 Å². The van der Waals surface area contributed by atoms with Gasteiger partial charge >= 0.3 is 6.03 Å². The number of nitrogens with zero attached hydrogens (tertiary/aromatic N) is 1. The summed E-state index contributed by atoms with van der Waals surface area (Å²) in [5.41, 5.74) is 5.26. The molecule has 0 radical (unpaired) electrons. The summed E-state index contributed by atoms with van der Waals surface area (Å²) < 4.78 is 5.67. The van der Waals surface area contributed by atoms with Gasteiger partial charge in [-0.05, 0) is 32.6 Å². The highest BCUT2D eigenvalue weighted by atomic mass is 16.5. The molecule has 2 atom stereocenters. The van der Waals surface area contributed by atoms with Gasteiger partial charge in [-0.1, -0.05) is 0 Å². The molecule has 2 aliphatic heterocycles. The van der Waals surface area contributed by atoms with Crippen molar-refractivity contribution in [3.63, 3.8) is 0 Å². The van der Waals surface area contributed by atoms with Crippen LogP contribution in [0.1, 0.15) is 32.6 Å². The number of hydrogen-bond acceptors (Lipinski definition) is 3. The van der Waals surface area contributed by atoms with Crippen LogP contribution in [0.15, 0.2) is 0 Å². The maximum atomic E-state index is 11.0. The second-order valence-electron chi connectivity index (χ2n) is 5.11. The Morgan fingerprint density at radius 2 is 2.12 bits per heavy atom. The third-order valence-corrected chi connectivity index (χ3v) is 3.83. The Kier molecular flexibility index (Phi) is 4.23. The highest BCUT2D eigenvalue weighted by Crippen LogP contribution is 2.18. The minimum absolute atomic E-state index is 0.296. The van der Waals surface area contributed by atoms with Crippen molar-refractivity contribution in [1.29, 1.82) is 0 Å². The molecule has 0 aromatic heterocycles. The van der Waals surface area contributed by atoms with Gasteiger partial charge in [-0.2, -0.15) is 0 Å². The third kappa shape index (κ3) is 3.33. The van der Waals surface area contributed by atoms with Gasteiger partial charge in [0.25, 0.3) is 0 Å². The molecule has 0 aromatic carbocycles. The lowest BCUT2D eigenvalue weighted by molar-refractivity contribution is 0.0755. The maximum Gasteiger partial charge on any atom is 0.314 e. The Bertz CT molecular complexity index is 258. The van der Waals surface area contributed by atoms with Gasteiger partial charge < -0.3 is 20.7 Å². The predicted octanol–water partition coefficient (Wildman–Crippen LogP) is 0.687. The Morgan fingerprint density at radius 1 is 1.41 bits per heavy atom. The maximum absolute atomic E-state index is 11.0. The van der Waals surface area contributed by atoms with E-state index in [-0.39, 0.29) is 6.03 Å². The van der Waals surface area contributed by atoms with E-state index in [4.69, 9.17) is 10.5 Å². The number of rotatable bonds is 3. The van der Waals surface area contributed by atoms with E-state index in [1.807, 2.05) is 0 Å². The van der Waals surface area contributed by atoms with Crippen molar-refractivity contribution >= 4 is 6.03 Å². The highest BCUT2D eigenvalue weighted by molar-refractivity contribution is 5.72. The molecule has 0 aliphatic carbocycles. The first-order valence-corrected chi connectivity index (χ1v) is 6.59. The largest absolute Gasteiger partial charge is 0.377 e. The van der Waals surface area contributed by atoms with Crippen LogP contribution in [-0.2, 0) is 4.74 Å². The molecule has 17 heavy (non-hydrogen) atoms. The van der Waals surface area contributed by atoms with Gasteiger partial charge in [-0.15, -0.1) is 0 Å². The van der Waals surface area contributed by atoms with Gasteiger partial charge in [-0.25, -0.2) is 4.79 Å². The number of nitrogens with one attached hydrogen (secondary N) is 1. The van der Waals surface area contributed by atoms with Crippen LogP contribution < -0.4 is 11.1 Å². The number of carbonyl (C=O) groups excluding carboxylic acids is 1. The molecule has 2 fully saturated rings. The average molecular weight is 241 g/mol. The lowest BCUT2D eigenvalue weighted by Gasteiger charge is -2.34. The third-order valence-electron chi connectivity index (χ3n) is 3.83. The van der Waals surface area contributed by atoms with Crippen LogP contribution in [0.5, 0.6) is 0 Å². The van der Waals surface area contributed by atoms with E-state index in [0.717, 1.165) is 39.0 Å². The summed E-state index contributed by atoms with van der Waals surface area (Å²) in [7, 11) is 0.